The summed E-state index contributed by atoms with van der Waals surface area (Å²) in [6.07, 6.45) is 2.95. The van der Waals surface area contributed by atoms with Gasteiger partial charge in [0.05, 0.1) is 17.7 Å². The third-order valence-electron chi connectivity index (χ3n) is 6.85. The first-order valence-corrected chi connectivity index (χ1v) is 11.0. The number of nitrogens with zero attached hydrogens (tertiary/aromatic N) is 1. The molecule has 1 aliphatic heterocycles. The number of aromatic nitrogens is 1. The lowest BCUT2D eigenvalue weighted by Gasteiger charge is -2.47. The monoisotopic (exact) mass is 409 g/mol. The van der Waals surface area contributed by atoms with Crippen LogP contribution in [0.1, 0.15) is 65.1 Å². The molecule has 1 aliphatic rings. The summed E-state index contributed by atoms with van der Waals surface area (Å²) in [6.45, 7) is 11.6. The maximum atomic E-state index is 13.7. The van der Waals surface area contributed by atoms with Gasteiger partial charge < -0.3 is 14.4 Å². The summed E-state index contributed by atoms with van der Waals surface area (Å²) in [5.74, 6) is 0.315. The van der Waals surface area contributed by atoms with Gasteiger partial charge in [-0.25, -0.2) is 4.39 Å². The molecule has 3 nitrogen and oxygen atoms in total. The van der Waals surface area contributed by atoms with Gasteiger partial charge in [-0.2, -0.15) is 0 Å². The number of phenols is 1. The average molecular weight is 410 g/mol. The molecule has 0 radical (unpaired) electrons. The molecular formula is C26H32FNO2. The van der Waals surface area contributed by atoms with E-state index in [0.29, 0.717) is 12.5 Å². The zero-order valence-corrected chi connectivity index (χ0v) is 18.6. The Morgan fingerprint density at radius 2 is 1.83 bits per heavy atom. The summed E-state index contributed by atoms with van der Waals surface area (Å²) in [7, 11) is 0. The molecule has 2 atom stereocenters. The van der Waals surface area contributed by atoms with Crippen LogP contribution >= 0.6 is 0 Å². The van der Waals surface area contributed by atoms with Crippen LogP contribution in [0.5, 0.6) is 5.75 Å². The van der Waals surface area contributed by atoms with Crippen molar-refractivity contribution in [2.45, 2.75) is 64.9 Å². The van der Waals surface area contributed by atoms with E-state index in [2.05, 4.69) is 39.2 Å². The molecule has 0 saturated carbocycles. The molecular weight excluding hydrogens is 377 g/mol. The number of hydrogen-bond acceptors (Lipinski definition) is 2. The van der Waals surface area contributed by atoms with Crippen molar-refractivity contribution in [2.75, 3.05) is 6.61 Å². The number of phenolic OH excluding ortho intramolecular Hbond substituents is 1. The van der Waals surface area contributed by atoms with Gasteiger partial charge in [0, 0.05) is 27.7 Å². The first-order valence-electron chi connectivity index (χ1n) is 11.0. The minimum absolute atomic E-state index is 0.256. The Bertz CT molecular complexity index is 1070. The van der Waals surface area contributed by atoms with E-state index in [4.69, 9.17) is 4.74 Å². The average Bonchev–Trinajstić information content (AvgIpc) is 3.08. The van der Waals surface area contributed by atoms with E-state index in [1.54, 1.807) is 6.07 Å². The normalized spacial score (nSPS) is 21.5. The molecule has 1 N–H and O–H groups in total. The van der Waals surface area contributed by atoms with Crippen LogP contribution in [0.3, 0.4) is 0 Å². The van der Waals surface area contributed by atoms with Crippen LogP contribution in [0, 0.1) is 11.7 Å². The molecule has 4 heteroatoms. The summed E-state index contributed by atoms with van der Waals surface area (Å²) >= 11 is 0. The Labute approximate surface area is 178 Å². The van der Waals surface area contributed by atoms with Crippen molar-refractivity contribution in [2.24, 2.45) is 5.92 Å². The van der Waals surface area contributed by atoms with Crippen molar-refractivity contribution >= 4 is 10.9 Å². The maximum absolute atomic E-state index is 13.7. The Morgan fingerprint density at radius 1 is 1.13 bits per heavy atom. The van der Waals surface area contributed by atoms with Crippen LogP contribution in [0.25, 0.3) is 16.6 Å². The number of fused-ring (bicyclic) bond motifs is 3. The van der Waals surface area contributed by atoms with Gasteiger partial charge in [0.1, 0.15) is 11.6 Å². The first kappa shape index (κ1) is 20.9. The van der Waals surface area contributed by atoms with Crippen molar-refractivity contribution in [3.8, 4) is 11.4 Å². The van der Waals surface area contributed by atoms with Crippen molar-refractivity contribution < 1.29 is 14.2 Å². The van der Waals surface area contributed by atoms with Crippen molar-refractivity contribution in [3.63, 3.8) is 0 Å². The summed E-state index contributed by atoms with van der Waals surface area (Å²) in [5, 5.41) is 11.9. The van der Waals surface area contributed by atoms with Crippen molar-refractivity contribution in [1.82, 2.24) is 4.57 Å². The maximum Gasteiger partial charge on any atom is 0.125 e. The molecule has 2 aromatic carbocycles. The first-order chi connectivity index (χ1) is 14.3. The molecule has 0 bridgehead atoms. The molecule has 0 aliphatic carbocycles. The molecule has 0 amide bonds. The summed E-state index contributed by atoms with van der Waals surface area (Å²) in [4.78, 5) is 0. The molecule has 4 rings (SSSR count). The molecule has 0 fully saturated rings. The van der Waals surface area contributed by atoms with Gasteiger partial charge in [-0.15, -0.1) is 0 Å². The quantitative estimate of drug-likeness (QED) is 0.501. The third-order valence-corrected chi connectivity index (χ3v) is 6.85. The molecule has 160 valence electrons. The van der Waals surface area contributed by atoms with E-state index in [1.807, 2.05) is 24.3 Å². The third kappa shape index (κ3) is 2.96. The number of aromatic hydroxyl groups is 1. The molecule has 0 spiro atoms. The summed E-state index contributed by atoms with van der Waals surface area (Å²) in [5.41, 5.74) is 3.35. The minimum atomic E-state index is -0.469. The second-order valence-corrected chi connectivity index (χ2v) is 9.31. The predicted octanol–water partition coefficient (Wildman–Crippen LogP) is 6.82. The molecule has 3 aromatic rings. The van der Waals surface area contributed by atoms with Crippen LogP contribution in [0.15, 0.2) is 42.5 Å². The van der Waals surface area contributed by atoms with E-state index in [9.17, 15) is 9.50 Å². The fourth-order valence-corrected chi connectivity index (χ4v) is 5.36. The molecule has 2 heterocycles. The zero-order chi connectivity index (χ0) is 21.7. The topological polar surface area (TPSA) is 34.4 Å². The Balaban J connectivity index is 2.16. The van der Waals surface area contributed by atoms with E-state index in [0.717, 1.165) is 47.1 Å². The van der Waals surface area contributed by atoms with Crippen LogP contribution in [0.2, 0.25) is 0 Å². The highest BCUT2D eigenvalue weighted by Crippen LogP contribution is 2.54. The molecule has 2 unspecified atom stereocenters. The summed E-state index contributed by atoms with van der Waals surface area (Å²) < 4.78 is 22.6. The second-order valence-electron chi connectivity index (χ2n) is 9.31. The molecule has 0 saturated heterocycles. The van der Waals surface area contributed by atoms with E-state index < -0.39 is 5.60 Å². The van der Waals surface area contributed by atoms with Crippen LogP contribution in [-0.4, -0.2) is 16.3 Å². The van der Waals surface area contributed by atoms with Gasteiger partial charge in [0.2, 0.25) is 0 Å². The van der Waals surface area contributed by atoms with Gasteiger partial charge >= 0.3 is 0 Å². The highest BCUT2D eigenvalue weighted by Gasteiger charge is 2.50. The highest BCUT2D eigenvalue weighted by molar-refractivity contribution is 5.94. The number of hydrogen-bond donors (Lipinski definition) is 1. The predicted molar refractivity (Wildman–Crippen MR) is 120 cm³/mol. The van der Waals surface area contributed by atoms with E-state index in [1.165, 1.54) is 12.1 Å². The second kappa shape index (κ2) is 7.42. The minimum Gasteiger partial charge on any atom is -0.507 e. The van der Waals surface area contributed by atoms with Gasteiger partial charge in [0.25, 0.3) is 0 Å². The Hall–Kier alpha value is -2.33. The molecule has 1 aromatic heterocycles. The Kier molecular flexibility index (Phi) is 5.17. The molecule has 30 heavy (non-hydrogen) atoms. The Morgan fingerprint density at radius 3 is 2.47 bits per heavy atom. The lowest BCUT2D eigenvalue weighted by Crippen LogP contribution is -2.47. The van der Waals surface area contributed by atoms with Crippen LogP contribution in [-0.2, 0) is 15.8 Å². The lowest BCUT2D eigenvalue weighted by molar-refractivity contribution is -0.122. The van der Waals surface area contributed by atoms with Gasteiger partial charge in [-0.05, 0) is 55.2 Å². The van der Waals surface area contributed by atoms with E-state index in [-0.39, 0.29) is 17.0 Å². The van der Waals surface area contributed by atoms with Crippen molar-refractivity contribution in [3.05, 3.63) is 59.5 Å². The SMILES string of the molecule is CCCC(C)C1(CC)OCC(C)(C)c2c1c1c(O)cccc1n2-c1ccc(F)cc1. The highest BCUT2D eigenvalue weighted by atomic mass is 19.1. The van der Waals surface area contributed by atoms with Crippen LogP contribution < -0.4 is 0 Å². The van der Waals surface area contributed by atoms with Gasteiger partial charge in [-0.3, -0.25) is 0 Å². The standard InChI is InChI=1S/C26H32FNO2/c1-6-9-17(3)26(7-2)23-22-20(10-8-11-21(22)29)28(19-14-12-18(27)13-15-19)24(23)25(4,5)16-30-26/h8,10-15,17,29H,6-7,9,16H2,1-5H3. The number of ether oxygens (including phenoxy) is 1. The largest absolute Gasteiger partial charge is 0.507 e. The van der Waals surface area contributed by atoms with Crippen molar-refractivity contribution in [1.29, 1.82) is 0 Å². The lowest BCUT2D eigenvalue weighted by atomic mass is 9.70. The van der Waals surface area contributed by atoms with Gasteiger partial charge in [-0.1, -0.05) is 47.1 Å². The van der Waals surface area contributed by atoms with E-state index >= 15 is 0 Å². The number of halogens is 1. The fourth-order valence-electron chi connectivity index (χ4n) is 5.36. The zero-order valence-electron chi connectivity index (χ0n) is 18.6. The fraction of sp³-hybridized carbons (Fsp3) is 0.462. The summed E-state index contributed by atoms with van der Waals surface area (Å²) in [6, 6.07) is 12.3. The number of rotatable bonds is 5. The van der Waals surface area contributed by atoms with Crippen LogP contribution in [0.4, 0.5) is 4.39 Å². The number of benzene rings is 2. The van der Waals surface area contributed by atoms with Gasteiger partial charge in [0.15, 0.2) is 0 Å². The smallest absolute Gasteiger partial charge is 0.125 e.